The van der Waals surface area contributed by atoms with Gasteiger partial charge in [0.2, 0.25) is 0 Å². The van der Waals surface area contributed by atoms with Crippen molar-refractivity contribution in [3.8, 4) is 17.3 Å². The van der Waals surface area contributed by atoms with Crippen LogP contribution in [0.1, 0.15) is 40.7 Å². The molecular formula is C24H23N3O2S. The Kier molecular flexibility index (Phi) is 7.36. The minimum Gasteiger partial charge on any atom is -0.462 e. The van der Waals surface area contributed by atoms with Crippen molar-refractivity contribution in [2.45, 2.75) is 26.7 Å². The van der Waals surface area contributed by atoms with Crippen LogP contribution in [0.2, 0.25) is 0 Å². The first kappa shape index (κ1) is 21.3. The van der Waals surface area contributed by atoms with Gasteiger partial charge in [-0.25, -0.2) is 9.78 Å². The predicted octanol–water partition coefficient (Wildman–Crippen LogP) is 6.05. The number of aryl methyl sites for hydroxylation is 1. The highest BCUT2D eigenvalue weighted by Crippen LogP contribution is 2.26. The van der Waals surface area contributed by atoms with E-state index in [0.29, 0.717) is 22.8 Å². The summed E-state index contributed by atoms with van der Waals surface area (Å²) in [4.78, 5) is 16.6. The number of aromatic nitrogens is 1. The Bertz CT molecular complexity index is 1060. The molecule has 1 aromatic heterocycles. The molecule has 3 aromatic rings. The average molecular weight is 418 g/mol. The van der Waals surface area contributed by atoms with Crippen LogP contribution < -0.4 is 5.32 Å². The van der Waals surface area contributed by atoms with Crippen LogP contribution in [0.3, 0.4) is 0 Å². The van der Waals surface area contributed by atoms with Crippen LogP contribution in [-0.4, -0.2) is 17.6 Å². The molecule has 0 amide bonds. The smallest absolute Gasteiger partial charge is 0.338 e. The SMILES string of the molecule is CCCCOC(=O)c1ccc(NC=C(C#N)c2nc(-c3ccc(C)cc3)cs2)cc1. The molecule has 3 rings (SSSR count). The minimum atomic E-state index is -0.324. The number of carbonyl (C=O) groups excluding carboxylic acids is 1. The summed E-state index contributed by atoms with van der Waals surface area (Å²) >= 11 is 1.43. The maximum absolute atomic E-state index is 12.0. The monoisotopic (exact) mass is 417 g/mol. The molecule has 0 fully saturated rings. The van der Waals surface area contributed by atoms with Crippen LogP contribution in [-0.2, 0) is 4.74 Å². The molecule has 1 N–H and O–H groups in total. The number of hydrogen-bond donors (Lipinski definition) is 1. The Balaban J connectivity index is 1.66. The van der Waals surface area contributed by atoms with Gasteiger partial charge < -0.3 is 10.1 Å². The molecule has 0 aliphatic rings. The summed E-state index contributed by atoms with van der Waals surface area (Å²) in [5.41, 5.74) is 4.78. The van der Waals surface area contributed by atoms with Gasteiger partial charge in [0, 0.05) is 22.8 Å². The molecule has 0 saturated heterocycles. The molecule has 1 heterocycles. The number of benzene rings is 2. The fraction of sp³-hybridized carbons (Fsp3) is 0.208. The van der Waals surface area contributed by atoms with Crippen molar-refractivity contribution in [2.75, 3.05) is 11.9 Å². The average Bonchev–Trinajstić information content (AvgIpc) is 3.25. The van der Waals surface area contributed by atoms with Crippen molar-refractivity contribution in [3.05, 3.63) is 76.2 Å². The normalized spacial score (nSPS) is 11.0. The van der Waals surface area contributed by atoms with Crippen molar-refractivity contribution in [1.82, 2.24) is 4.98 Å². The molecule has 2 aromatic carbocycles. The number of allylic oxidation sites excluding steroid dienone is 1. The maximum atomic E-state index is 12.0. The van der Waals surface area contributed by atoms with Gasteiger partial charge in [-0.1, -0.05) is 43.2 Å². The third-order valence-electron chi connectivity index (χ3n) is 4.44. The van der Waals surface area contributed by atoms with E-state index in [4.69, 9.17) is 4.74 Å². The number of esters is 1. The van der Waals surface area contributed by atoms with Crippen LogP contribution in [0.5, 0.6) is 0 Å². The van der Waals surface area contributed by atoms with Crippen LogP contribution in [0.15, 0.2) is 60.1 Å². The van der Waals surface area contributed by atoms with Crippen LogP contribution in [0, 0.1) is 18.3 Å². The Morgan fingerprint density at radius 2 is 1.93 bits per heavy atom. The third-order valence-corrected chi connectivity index (χ3v) is 5.31. The number of carbonyl (C=O) groups is 1. The number of ether oxygens (including phenoxy) is 1. The fourth-order valence-electron chi connectivity index (χ4n) is 2.65. The van der Waals surface area contributed by atoms with E-state index in [9.17, 15) is 10.1 Å². The number of nitrogens with zero attached hydrogens (tertiary/aromatic N) is 2. The molecule has 0 aliphatic carbocycles. The second kappa shape index (κ2) is 10.4. The largest absolute Gasteiger partial charge is 0.462 e. The summed E-state index contributed by atoms with van der Waals surface area (Å²) in [5, 5.41) is 15.2. The number of nitriles is 1. The van der Waals surface area contributed by atoms with Crippen molar-refractivity contribution >= 4 is 28.6 Å². The van der Waals surface area contributed by atoms with Gasteiger partial charge in [0.15, 0.2) is 0 Å². The van der Waals surface area contributed by atoms with Gasteiger partial charge in [-0.15, -0.1) is 11.3 Å². The van der Waals surface area contributed by atoms with E-state index in [-0.39, 0.29) is 5.97 Å². The lowest BCUT2D eigenvalue weighted by molar-refractivity contribution is 0.0500. The molecule has 0 saturated carbocycles. The van der Waals surface area contributed by atoms with E-state index in [1.54, 1.807) is 30.5 Å². The molecule has 5 nitrogen and oxygen atoms in total. The summed E-state index contributed by atoms with van der Waals surface area (Å²) in [5.74, 6) is -0.324. The van der Waals surface area contributed by atoms with E-state index in [1.165, 1.54) is 16.9 Å². The van der Waals surface area contributed by atoms with Crippen LogP contribution >= 0.6 is 11.3 Å². The van der Waals surface area contributed by atoms with Crippen molar-refractivity contribution in [1.29, 1.82) is 5.26 Å². The zero-order chi connectivity index (χ0) is 21.3. The summed E-state index contributed by atoms with van der Waals surface area (Å²) in [6, 6.07) is 17.3. The highest BCUT2D eigenvalue weighted by atomic mass is 32.1. The van der Waals surface area contributed by atoms with E-state index in [0.717, 1.165) is 29.8 Å². The topological polar surface area (TPSA) is 75.0 Å². The Morgan fingerprint density at radius 3 is 2.60 bits per heavy atom. The van der Waals surface area contributed by atoms with Gasteiger partial charge in [0.25, 0.3) is 0 Å². The minimum absolute atomic E-state index is 0.324. The Labute approximate surface area is 180 Å². The molecule has 0 aliphatic heterocycles. The quantitative estimate of drug-likeness (QED) is 0.274. The number of hydrogen-bond acceptors (Lipinski definition) is 6. The van der Waals surface area contributed by atoms with Gasteiger partial charge in [-0.2, -0.15) is 5.26 Å². The van der Waals surface area contributed by atoms with Gasteiger partial charge in [0.05, 0.1) is 17.9 Å². The Hall–Kier alpha value is -3.43. The standard InChI is InChI=1S/C24H23N3O2S/c1-3-4-13-29-24(28)19-9-11-21(12-10-19)26-15-20(14-25)23-27-22(16-30-23)18-7-5-17(2)6-8-18/h5-12,15-16,26H,3-4,13H2,1-2H3. The summed E-state index contributed by atoms with van der Waals surface area (Å²) < 4.78 is 5.21. The molecule has 6 heteroatoms. The molecule has 152 valence electrons. The first-order valence-electron chi connectivity index (χ1n) is 9.77. The number of unbranched alkanes of at least 4 members (excludes halogenated alkanes) is 1. The van der Waals surface area contributed by atoms with E-state index in [1.807, 2.05) is 43.5 Å². The summed E-state index contributed by atoms with van der Waals surface area (Å²) in [6.07, 6.45) is 3.47. The lowest BCUT2D eigenvalue weighted by Crippen LogP contribution is -2.06. The van der Waals surface area contributed by atoms with Gasteiger partial charge in [0.1, 0.15) is 16.6 Å². The summed E-state index contributed by atoms with van der Waals surface area (Å²) in [7, 11) is 0. The van der Waals surface area contributed by atoms with Crippen LogP contribution in [0.4, 0.5) is 5.69 Å². The molecule has 30 heavy (non-hydrogen) atoms. The number of nitrogens with one attached hydrogen (secondary N) is 1. The lowest BCUT2D eigenvalue weighted by atomic mass is 10.1. The van der Waals surface area contributed by atoms with Gasteiger partial charge in [-0.3, -0.25) is 0 Å². The highest BCUT2D eigenvalue weighted by Gasteiger charge is 2.10. The predicted molar refractivity (Wildman–Crippen MR) is 121 cm³/mol. The first-order chi connectivity index (χ1) is 14.6. The maximum Gasteiger partial charge on any atom is 0.338 e. The molecule has 0 atom stereocenters. The second-order valence-electron chi connectivity index (χ2n) is 6.78. The van der Waals surface area contributed by atoms with Crippen molar-refractivity contribution in [3.63, 3.8) is 0 Å². The molecular weight excluding hydrogens is 394 g/mol. The zero-order valence-corrected chi connectivity index (χ0v) is 17.8. The van der Waals surface area contributed by atoms with Gasteiger partial charge >= 0.3 is 5.97 Å². The number of rotatable bonds is 8. The summed E-state index contributed by atoms with van der Waals surface area (Å²) in [6.45, 7) is 4.52. The van der Waals surface area contributed by atoms with E-state index >= 15 is 0 Å². The number of anilines is 1. The lowest BCUT2D eigenvalue weighted by Gasteiger charge is -2.05. The fourth-order valence-corrected chi connectivity index (χ4v) is 3.44. The van der Waals surface area contributed by atoms with E-state index in [2.05, 4.69) is 16.4 Å². The molecule has 0 unspecified atom stereocenters. The number of thiazole rings is 1. The molecule has 0 bridgehead atoms. The van der Waals surface area contributed by atoms with Crippen LogP contribution in [0.25, 0.3) is 16.8 Å². The van der Waals surface area contributed by atoms with Crippen molar-refractivity contribution < 1.29 is 9.53 Å². The second-order valence-corrected chi connectivity index (χ2v) is 7.64. The van der Waals surface area contributed by atoms with E-state index < -0.39 is 0 Å². The van der Waals surface area contributed by atoms with Crippen molar-refractivity contribution in [2.24, 2.45) is 0 Å². The zero-order valence-electron chi connectivity index (χ0n) is 17.0. The van der Waals surface area contributed by atoms with Gasteiger partial charge in [-0.05, 0) is 37.6 Å². The first-order valence-corrected chi connectivity index (χ1v) is 10.7. The molecule has 0 spiro atoms. The highest BCUT2D eigenvalue weighted by molar-refractivity contribution is 7.11. The molecule has 0 radical (unpaired) electrons. The Morgan fingerprint density at radius 1 is 1.20 bits per heavy atom. The third kappa shape index (κ3) is 5.56.